The first kappa shape index (κ1) is 9.75. The van der Waals surface area contributed by atoms with E-state index in [0.717, 1.165) is 17.6 Å². The highest BCUT2D eigenvalue weighted by Gasteiger charge is 2.11. The number of fused-ring (bicyclic) bond motifs is 1. The fourth-order valence-electron chi connectivity index (χ4n) is 1.81. The van der Waals surface area contributed by atoms with Gasteiger partial charge in [0.05, 0.1) is 11.2 Å². The number of benzene rings is 1. The number of H-pyrrole nitrogens is 1. The molecule has 15 heavy (non-hydrogen) atoms. The van der Waals surface area contributed by atoms with E-state index in [1.165, 1.54) is 5.39 Å². The van der Waals surface area contributed by atoms with Gasteiger partial charge >= 0.3 is 0 Å². The van der Waals surface area contributed by atoms with Gasteiger partial charge in [-0.25, -0.2) is 0 Å². The van der Waals surface area contributed by atoms with Crippen molar-refractivity contribution in [3.63, 3.8) is 0 Å². The van der Waals surface area contributed by atoms with Crippen molar-refractivity contribution in [1.82, 2.24) is 10.2 Å². The Hall–Kier alpha value is -1.79. The third-order valence-corrected chi connectivity index (χ3v) is 2.62. The Morgan fingerprint density at radius 2 is 2.33 bits per heavy atom. The second kappa shape index (κ2) is 4.16. The maximum absolute atomic E-state index is 4.28. The summed E-state index contributed by atoms with van der Waals surface area (Å²) in [5.41, 5.74) is 5.02. The van der Waals surface area contributed by atoms with Gasteiger partial charge in [0, 0.05) is 11.3 Å². The third-order valence-electron chi connectivity index (χ3n) is 2.62. The predicted octanol–water partition coefficient (Wildman–Crippen LogP) is 3.40. The first-order chi connectivity index (χ1) is 7.36. The Kier molecular flexibility index (Phi) is 2.70. The molecule has 1 heterocycles. The van der Waals surface area contributed by atoms with Crippen LogP contribution in [0.4, 0.5) is 0 Å². The van der Waals surface area contributed by atoms with E-state index in [0.29, 0.717) is 5.92 Å². The van der Waals surface area contributed by atoms with Gasteiger partial charge in [-0.05, 0) is 18.6 Å². The Morgan fingerprint density at radius 1 is 1.53 bits per heavy atom. The number of hydrogen-bond acceptors (Lipinski definition) is 1. The highest BCUT2D eigenvalue weighted by atomic mass is 15.1. The first-order valence-corrected chi connectivity index (χ1v) is 5.15. The van der Waals surface area contributed by atoms with E-state index >= 15 is 0 Å². The number of hydrogen-bond donors (Lipinski definition) is 1. The highest BCUT2D eigenvalue weighted by Crippen LogP contribution is 2.25. The minimum atomic E-state index is 0.329. The average molecular weight is 198 g/mol. The molecule has 0 radical (unpaired) electrons. The summed E-state index contributed by atoms with van der Waals surface area (Å²) in [6, 6.07) is 8.14. The van der Waals surface area contributed by atoms with Crippen molar-refractivity contribution in [2.75, 3.05) is 0 Å². The van der Waals surface area contributed by atoms with Gasteiger partial charge in [-0.1, -0.05) is 31.7 Å². The average Bonchev–Trinajstić information content (AvgIpc) is 2.70. The molecule has 0 fully saturated rings. The molecule has 1 atom stereocenters. The van der Waals surface area contributed by atoms with Crippen LogP contribution in [0.15, 0.2) is 42.7 Å². The number of aromatic nitrogens is 2. The quantitative estimate of drug-likeness (QED) is 0.752. The van der Waals surface area contributed by atoms with Gasteiger partial charge in [-0.2, -0.15) is 5.10 Å². The van der Waals surface area contributed by atoms with Gasteiger partial charge in [-0.15, -0.1) is 5.73 Å². The summed E-state index contributed by atoms with van der Waals surface area (Å²) in [4.78, 5) is 0. The van der Waals surface area contributed by atoms with Crippen molar-refractivity contribution in [2.45, 2.75) is 19.3 Å². The first-order valence-electron chi connectivity index (χ1n) is 5.15. The fraction of sp³-hybridized carbons (Fsp3) is 0.231. The second-order valence-corrected chi connectivity index (χ2v) is 3.54. The summed E-state index contributed by atoms with van der Waals surface area (Å²) in [5, 5.41) is 8.57. The largest absolute Gasteiger partial charge is 0.281 e. The van der Waals surface area contributed by atoms with Crippen molar-refractivity contribution in [3.05, 3.63) is 48.3 Å². The van der Waals surface area contributed by atoms with Crippen LogP contribution in [-0.2, 0) is 0 Å². The lowest BCUT2D eigenvalue weighted by molar-refractivity contribution is 0.774. The molecule has 0 bridgehead atoms. The van der Waals surface area contributed by atoms with Gasteiger partial charge in [0.1, 0.15) is 0 Å². The Balaban J connectivity index is 2.55. The molecule has 0 spiro atoms. The standard InChI is InChI=1S/C13H14N2/c1-3-7-10(4-2)13-11-8-5-6-9-12(11)14-15-13/h5-10H,1,4H2,2H3,(H,14,15)/t10-/m1/s1. The van der Waals surface area contributed by atoms with E-state index in [1.54, 1.807) is 0 Å². The maximum atomic E-state index is 4.28. The summed E-state index contributed by atoms with van der Waals surface area (Å²) >= 11 is 0. The number of aromatic amines is 1. The molecule has 0 aliphatic heterocycles. The summed E-state index contributed by atoms with van der Waals surface area (Å²) in [6.07, 6.45) is 3.01. The number of allylic oxidation sites excluding steroid dienone is 1. The Bertz CT molecular complexity index is 504. The molecule has 1 N–H and O–H groups in total. The van der Waals surface area contributed by atoms with Crippen molar-refractivity contribution in [3.8, 4) is 0 Å². The van der Waals surface area contributed by atoms with Gasteiger partial charge in [0.25, 0.3) is 0 Å². The zero-order chi connectivity index (χ0) is 10.7. The Morgan fingerprint density at radius 3 is 3.07 bits per heavy atom. The van der Waals surface area contributed by atoms with Crippen molar-refractivity contribution in [2.24, 2.45) is 0 Å². The van der Waals surface area contributed by atoms with Crippen molar-refractivity contribution in [1.29, 1.82) is 0 Å². The molecule has 2 rings (SSSR count). The topological polar surface area (TPSA) is 28.7 Å². The van der Waals surface area contributed by atoms with Gasteiger partial charge in [0.2, 0.25) is 0 Å². The molecule has 2 aromatic rings. The lowest BCUT2D eigenvalue weighted by atomic mass is 9.99. The molecule has 0 aliphatic carbocycles. The number of nitrogens with zero attached hydrogens (tertiary/aromatic N) is 1. The maximum Gasteiger partial charge on any atom is 0.0923 e. The summed E-state index contributed by atoms with van der Waals surface area (Å²) in [5.74, 6) is 0.329. The molecular weight excluding hydrogens is 184 g/mol. The van der Waals surface area contributed by atoms with Crippen LogP contribution in [0, 0.1) is 0 Å². The smallest absolute Gasteiger partial charge is 0.0923 e. The lowest BCUT2D eigenvalue weighted by Gasteiger charge is -2.06. The second-order valence-electron chi connectivity index (χ2n) is 3.54. The van der Waals surface area contributed by atoms with Gasteiger partial charge in [-0.3, -0.25) is 5.10 Å². The number of rotatable bonds is 3. The van der Waals surface area contributed by atoms with Crippen LogP contribution >= 0.6 is 0 Å². The van der Waals surface area contributed by atoms with Crippen LogP contribution in [0.1, 0.15) is 25.0 Å². The van der Waals surface area contributed by atoms with E-state index in [4.69, 9.17) is 0 Å². The van der Waals surface area contributed by atoms with Crippen LogP contribution < -0.4 is 0 Å². The minimum absolute atomic E-state index is 0.329. The Labute approximate surface area is 89.3 Å². The molecule has 2 heteroatoms. The fourth-order valence-corrected chi connectivity index (χ4v) is 1.81. The molecule has 0 unspecified atom stereocenters. The monoisotopic (exact) mass is 198 g/mol. The van der Waals surface area contributed by atoms with E-state index < -0.39 is 0 Å². The normalized spacial score (nSPS) is 12.3. The van der Waals surface area contributed by atoms with E-state index in [-0.39, 0.29) is 0 Å². The van der Waals surface area contributed by atoms with Crippen LogP contribution in [0.25, 0.3) is 10.9 Å². The SMILES string of the molecule is C=C=C[C@@H](CC)c1[nH]nc2ccccc12. The third kappa shape index (κ3) is 1.72. The molecule has 0 amide bonds. The van der Waals surface area contributed by atoms with Crippen LogP contribution in [0.5, 0.6) is 0 Å². The van der Waals surface area contributed by atoms with Crippen molar-refractivity contribution < 1.29 is 0 Å². The number of nitrogens with one attached hydrogen (secondary N) is 1. The molecule has 1 aromatic heterocycles. The molecule has 1 aromatic carbocycles. The molecule has 0 saturated carbocycles. The molecular formula is C13H14N2. The predicted molar refractivity (Wildman–Crippen MR) is 62.8 cm³/mol. The zero-order valence-electron chi connectivity index (χ0n) is 8.83. The van der Waals surface area contributed by atoms with Crippen LogP contribution in [0.3, 0.4) is 0 Å². The minimum Gasteiger partial charge on any atom is -0.281 e. The zero-order valence-corrected chi connectivity index (χ0v) is 8.83. The summed E-state index contributed by atoms with van der Waals surface area (Å²) in [7, 11) is 0. The molecule has 76 valence electrons. The van der Waals surface area contributed by atoms with Gasteiger partial charge in [0.15, 0.2) is 0 Å². The van der Waals surface area contributed by atoms with E-state index in [2.05, 4.69) is 35.5 Å². The molecule has 0 saturated heterocycles. The number of para-hydroxylation sites is 1. The van der Waals surface area contributed by atoms with Gasteiger partial charge < -0.3 is 0 Å². The van der Waals surface area contributed by atoms with Crippen LogP contribution in [-0.4, -0.2) is 10.2 Å². The lowest BCUT2D eigenvalue weighted by Crippen LogP contribution is -1.93. The van der Waals surface area contributed by atoms with Crippen molar-refractivity contribution >= 4 is 10.9 Å². The van der Waals surface area contributed by atoms with Crippen LogP contribution in [0.2, 0.25) is 0 Å². The molecule has 0 aliphatic rings. The molecule has 2 nitrogen and oxygen atoms in total. The van der Waals surface area contributed by atoms with E-state index in [1.807, 2.05) is 24.3 Å². The summed E-state index contributed by atoms with van der Waals surface area (Å²) < 4.78 is 0. The summed E-state index contributed by atoms with van der Waals surface area (Å²) in [6.45, 7) is 5.77. The highest BCUT2D eigenvalue weighted by molar-refractivity contribution is 5.81. The van der Waals surface area contributed by atoms with E-state index in [9.17, 15) is 0 Å².